The van der Waals surface area contributed by atoms with Crippen LogP contribution in [-0.2, 0) is 11.3 Å². The van der Waals surface area contributed by atoms with Crippen molar-refractivity contribution >= 4 is 12.0 Å². The van der Waals surface area contributed by atoms with Crippen LogP contribution in [0.5, 0.6) is 23.0 Å². The number of likely N-dealkylation sites (N-methyl/N-ethyl adjacent to an activating group) is 1. The number of rotatable bonds is 9. The van der Waals surface area contributed by atoms with Gasteiger partial charge in [0, 0.05) is 24.3 Å². The molecule has 168 valence electrons. The topological polar surface area (TPSA) is 96.2 Å². The molecule has 0 saturated heterocycles. The highest BCUT2D eigenvalue weighted by molar-refractivity contribution is 5.92. The third-order valence-corrected chi connectivity index (χ3v) is 4.71. The lowest BCUT2D eigenvalue weighted by Crippen LogP contribution is -2.24. The Balaban J connectivity index is 1.69. The highest BCUT2D eigenvalue weighted by atomic mass is 16.5. The molecular formula is C23H25N3O6. The number of amides is 1. The fourth-order valence-corrected chi connectivity index (χ4v) is 3.00. The smallest absolute Gasteiger partial charge is 0.246 e. The number of aromatic nitrogens is 2. The Labute approximate surface area is 186 Å². The summed E-state index contributed by atoms with van der Waals surface area (Å²) in [7, 11) is 7.85. The molecule has 2 aromatic carbocycles. The summed E-state index contributed by atoms with van der Waals surface area (Å²) >= 11 is 0. The Bertz CT molecular complexity index is 1090. The van der Waals surface area contributed by atoms with Crippen LogP contribution in [0.3, 0.4) is 0 Å². The molecule has 32 heavy (non-hydrogen) atoms. The largest absolute Gasteiger partial charge is 0.497 e. The average molecular weight is 439 g/mol. The molecule has 1 amide bonds. The first-order chi connectivity index (χ1) is 15.5. The average Bonchev–Trinajstić information content (AvgIpc) is 3.29. The van der Waals surface area contributed by atoms with Crippen molar-refractivity contribution in [2.75, 3.05) is 35.5 Å². The molecule has 0 aliphatic carbocycles. The lowest BCUT2D eigenvalue weighted by atomic mass is 10.1. The highest BCUT2D eigenvalue weighted by Crippen LogP contribution is 2.40. The summed E-state index contributed by atoms with van der Waals surface area (Å²) in [6.07, 6.45) is 3.08. The van der Waals surface area contributed by atoms with Gasteiger partial charge in [-0.1, -0.05) is 5.16 Å². The quantitative estimate of drug-likeness (QED) is 0.468. The van der Waals surface area contributed by atoms with Gasteiger partial charge in [-0.3, -0.25) is 4.79 Å². The minimum absolute atomic E-state index is 0.162. The molecule has 0 spiro atoms. The molecule has 1 aromatic heterocycles. The van der Waals surface area contributed by atoms with E-state index < -0.39 is 0 Å². The first-order valence-corrected chi connectivity index (χ1v) is 9.69. The van der Waals surface area contributed by atoms with Crippen LogP contribution in [0.1, 0.15) is 11.5 Å². The van der Waals surface area contributed by atoms with E-state index in [0.29, 0.717) is 34.5 Å². The van der Waals surface area contributed by atoms with Crippen LogP contribution >= 0.6 is 0 Å². The molecule has 0 bridgehead atoms. The van der Waals surface area contributed by atoms with Crippen molar-refractivity contribution in [2.45, 2.75) is 6.54 Å². The van der Waals surface area contributed by atoms with Gasteiger partial charge in [-0.15, -0.1) is 0 Å². The summed E-state index contributed by atoms with van der Waals surface area (Å²) in [5, 5.41) is 3.98. The minimum Gasteiger partial charge on any atom is -0.497 e. The van der Waals surface area contributed by atoms with Crippen LogP contribution in [0.4, 0.5) is 0 Å². The van der Waals surface area contributed by atoms with Crippen molar-refractivity contribution in [2.24, 2.45) is 0 Å². The van der Waals surface area contributed by atoms with Crippen LogP contribution in [-0.4, -0.2) is 56.4 Å². The summed E-state index contributed by atoms with van der Waals surface area (Å²) in [4.78, 5) is 18.4. The zero-order valence-electron chi connectivity index (χ0n) is 18.6. The van der Waals surface area contributed by atoms with Gasteiger partial charge in [0.1, 0.15) is 5.75 Å². The predicted octanol–water partition coefficient (Wildman–Crippen LogP) is 3.44. The Morgan fingerprint density at radius 3 is 2.31 bits per heavy atom. The maximum Gasteiger partial charge on any atom is 0.246 e. The third-order valence-electron chi connectivity index (χ3n) is 4.71. The van der Waals surface area contributed by atoms with E-state index in [0.717, 1.165) is 11.3 Å². The summed E-state index contributed by atoms with van der Waals surface area (Å²) in [5.41, 5.74) is 1.46. The van der Waals surface area contributed by atoms with E-state index in [9.17, 15) is 4.79 Å². The molecular weight excluding hydrogens is 414 g/mol. The Morgan fingerprint density at radius 1 is 0.969 bits per heavy atom. The summed E-state index contributed by atoms with van der Waals surface area (Å²) < 4.78 is 26.5. The van der Waals surface area contributed by atoms with E-state index in [1.807, 2.05) is 24.3 Å². The number of carbonyl (C=O) groups excluding carboxylic acids is 1. The Kier molecular flexibility index (Phi) is 7.33. The van der Waals surface area contributed by atoms with Crippen LogP contribution in [0.15, 0.2) is 47.0 Å². The minimum atomic E-state index is -0.244. The lowest BCUT2D eigenvalue weighted by Gasteiger charge is -2.14. The Hall–Kier alpha value is -4.01. The van der Waals surface area contributed by atoms with Crippen LogP contribution in [0.25, 0.3) is 17.5 Å². The third kappa shape index (κ3) is 5.00. The number of nitrogens with zero attached hydrogens (tertiary/aromatic N) is 3. The van der Waals surface area contributed by atoms with Gasteiger partial charge in [0.05, 0.1) is 35.0 Å². The normalized spacial score (nSPS) is 10.8. The zero-order valence-corrected chi connectivity index (χ0v) is 18.6. The van der Waals surface area contributed by atoms with E-state index in [1.165, 1.54) is 25.2 Å². The first-order valence-electron chi connectivity index (χ1n) is 9.69. The Morgan fingerprint density at radius 2 is 1.69 bits per heavy atom. The van der Waals surface area contributed by atoms with Crippen LogP contribution in [0.2, 0.25) is 0 Å². The summed E-state index contributed by atoms with van der Waals surface area (Å²) in [6.45, 7) is 0.162. The van der Waals surface area contributed by atoms with E-state index in [-0.39, 0.29) is 12.5 Å². The maximum atomic E-state index is 12.6. The molecule has 3 rings (SSSR count). The van der Waals surface area contributed by atoms with Crippen molar-refractivity contribution in [1.82, 2.24) is 15.0 Å². The van der Waals surface area contributed by atoms with Gasteiger partial charge < -0.3 is 28.4 Å². The van der Waals surface area contributed by atoms with Gasteiger partial charge in [-0.2, -0.15) is 4.98 Å². The molecule has 9 nitrogen and oxygen atoms in total. The van der Waals surface area contributed by atoms with Crippen LogP contribution in [0, 0.1) is 0 Å². The van der Waals surface area contributed by atoms with Gasteiger partial charge in [0.25, 0.3) is 0 Å². The van der Waals surface area contributed by atoms with Crippen molar-refractivity contribution in [3.63, 3.8) is 0 Å². The van der Waals surface area contributed by atoms with Gasteiger partial charge >= 0.3 is 0 Å². The van der Waals surface area contributed by atoms with Crippen molar-refractivity contribution in [1.29, 1.82) is 0 Å². The second kappa shape index (κ2) is 10.3. The number of hydrogen-bond donors (Lipinski definition) is 0. The number of carbonyl (C=O) groups is 1. The second-order valence-electron chi connectivity index (χ2n) is 6.69. The monoisotopic (exact) mass is 439 g/mol. The molecule has 0 radical (unpaired) electrons. The molecule has 9 heteroatoms. The second-order valence-corrected chi connectivity index (χ2v) is 6.69. The van der Waals surface area contributed by atoms with Gasteiger partial charge in [0.15, 0.2) is 11.5 Å². The standard InChI is InChI=1S/C23H25N3O6/c1-26(14-19-24-23(25-32-19)16-6-10-17(28-2)11-7-16)20(27)13-9-15-8-12-18(29-3)22(31-5)21(15)30-4/h6-13H,14H2,1-5H3/b13-9+. The van der Waals surface area contributed by atoms with Crippen molar-refractivity contribution < 1.29 is 28.3 Å². The summed E-state index contributed by atoms with van der Waals surface area (Å²) in [6, 6.07) is 10.8. The van der Waals surface area contributed by atoms with Gasteiger partial charge in [0.2, 0.25) is 23.4 Å². The fourth-order valence-electron chi connectivity index (χ4n) is 3.00. The molecule has 0 N–H and O–H groups in total. The molecule has 1 heterocycles. The molecule has 0 aliphatic rings. The van der Waals surface area contributed by atoms with E-state index in [1.54, 1.807) is 39.5 Å². The number of hydrogen-bond acceptors (Lipinski definition) is 8. The van der Waals surface area contributed by atoms with Crippen LogP contribution < -0.4 is 18.9 Å². The fraction of sp³-hybridized carbons (Fsp3) is 0.261. The van der Waals surface area contributed by atoms with Crippen molar-refractivity contribution in [3.8, 4) is 34.4 Å². The first kappa shape index (κ1) is 22.7. The molecule has 3 aromatic rings. The SMILES string of the molecule is COc1ccc(-c2noc(CN(C)C(=O)/C=C/c3ccc(OC)c(OC)c3OC)n2)cc1. The highest BCUT2D eigenvalue weighted by Gasteiger charge is 2.16. The zero-order chi connectivity index (χ0) is 23.1. The number of methoxy groups -OCH3 is 4. The van der Waals surface area contributed by atoms with Crippen molar-refractivity contribution in [3.05, 3.63) is 53.9 Å². The number of benzene rings is 2. The predicted molar refractivity (Wildman–Crippen MR) is 118 cm³/mol. The van der Waals surface area contributed by atoms with Gasteiger partial charge in [-0.25, -0.2) is 0 Å². The lowest BCUT2D eigenvalue weighted by molar-refractivity contribution is -0.125. The molecule has 0 unspecified atom stereocenters. The molecule has 0 saturated carbocycles. The molecule has 0 fully saturated rings. The molecule has 0 aliphatic heterocycles. The van der Waals surface area contributed by atoms with E-state index >= 15 is 0 Å². The number of ether oxygens (including phenoxy) is 4. The van der Waals surface area contributed by atoms with Gasteiger partial charge in [-0.05, 0) is 42.5 Å². The maximum absolute atomic E-state index is 12.6. The summed E-state index contributed by atoms with van der Waals surface area (Å²) in [5.74, 6) is 2.72. The molecule has 0 atom stereocenters. The van der Waals surface area contributed by atoms with E-state index in [2.05, 4.69) is 10.1 Å². The van der Waals surface area contributed by atoms with E-state index in [4.69, 9.17) is 23.5 Å².